The standard InChI is InChI=1S/C13H22N6O3/c1-9-4-2-3-5-10(9)14-13(22)15-12(21)8-19-11(6-7-20)16-17-18-19/h9-10,20H,2-8H2,1H3,(H2,14,15,21,22)/t9-,10+/m1/s1. The average Bonchev–Trinajstić information content (AvgIpc) is 2.89. The number of carbonyl (C=O) groups excluding carboxylic acids is 2. The second-order valence-corrected chi connectivity index (χ2v) is 5.62. The fourth-order valence-electron chi connectivity index (χ4n) is 2.66. The van der Waals surface area contributed by atoms with Crippen molar-refractivity contribution in [2.24, 2.45) is 5.92 Å². The Labute approximate surface area is 128 Å². The van der Waals surface area contributed by atoms with Crippen LogP contribution in [-0.4, -0.2) is 49.9 Å². The largest absolute Gasteiger partial charge is 0.396 e. The molecule has 0 radical (unpaired) electrons. The van der Waals surface area contributed by atoms with E-state index in [1.807, 2.05) is 0 Å². The SMILES string of the molecule is C[C@@H]1CCCC[C@@H]1NC(=O)NC(=O)Cn1nnnc1CCO. The molecule has 122 valence electrons. The third-order valence-electron chi connectivity index (χ3n) is 3.92. The van der Waals surface area contributed by atoms with Gasteiger partial charge in [-0.05, 0) is 29.2 Å². The van der Waals surface area contributed by atoms with E-state index in [0.29, 0.717) is 11.7 Å². The zero-order valence-corrected chi connectivity index (χ0v) is 12.7. The Morgan fingerprint density at radius 3 is 2.86 bits per heavy atom. The van der Waals surface area contributed by atoms with Crippen molar-refractivity contribution in [3.63, 3.8) is 0 Å². The molecule has 3 N–H and O–H groups in total. The number of tetrazole rings is 1. The molecule has 0 saturated heterocycles. The van der Waals surface area contributed by atoms with Gasteiger partial charge in [0.25, 0.3) is 0 Å². The maximum atomic E-state index is 11.9. The lowest BCUT2D eigenvalue weighted by Gasteiger charge is -2.29. The van der Waals surface area contributed by atoms with Gasteiger partial charge in [-0.3, -0.25) is 10.1 Å². The Bertz CT molecular complexity index is 518. The minimum absolute atomic E-state index is 0.109. The number of aliphatic hydroxyl groups excluding tert-OH is 1. The average molecular weight is 310 g/mol. The molecule has 2 rings (SSSR count). The monoisotopic (exact) mass is 310 g/mol. The number of carbonyl (C=O) groups is 2. The summed E-state index contributed by atoms with van der Waals surface area (Å²) in [6.45, 7) is 1.84. The van der Waals surface area contributed by atoms with Gasteiger partial charge >= 0.3 is 6.03 Å². The van der Waals surface area contributed by atoms with Crippen LogP contribution in [0.15, 0.2) is 0 Å². The second kappa shape index (κ2) is 7.83. The lowest BCUT2D eigenvalue weighted by atomic mass is 9.86. The Morgan fingerprint density at radius 1 is 1.36 bits per heavy atom. The summed E-state index contributed by atoms with van der Waals surface area (Å²) in [7, 11) is 0. The van der Waals surface area contributed by atoms with Crippen LogP contribution in [0.2, 0.25) is 0 Å². The van der Waals surface area contributed by atoms with Crippen LogP contribution in [0.3, 0.4) is 0 Å². The molecule has 0 unspecified atom stereocenters. The van der Waals surface area contributed by atoms with E-state index >= 15 is 0 Å². The Kier molecular flexibility index (Phi) is 5.82. The number of hydrogen-bond acceptors (Lipinski definition) is 6. The lowest BCUT2D eigenvalue weighted by molar-refractivity contribution is -0.120. The number of amides is 3. The first kappa shape index (κ1) is 16.3. The van der Waals surface area contributed by atoms with Crippen LogP contribution in [0.4, 0.5) is 4.79 Å². The van der Waals surface area contributed by atoms with Crippen LogP contribution in [0, 0.1) is 5.92 Å². The number of aromatic nitrogens is 4. The predicted octanol–water partition coefficient (Wildman–Crippen LogP) is -0.388. The Morgan fingerprint density at radius 2 is 2.14 bits per heavy atom. The smallest absolute Gasteiger partial charge is 0.321 e. The highest BCUT2D eigenvalue weighted by atomic mass is 16.3. The molecular weight excluding hydrogens is 288 g/mol. The summed E-state index contributed by atoms with van der Waals surface area (Å²) in [5.74, 6) is 0.330. The minimum atomic E-state index is -0.493. The van der Waals surface area contributed by atoms with Crippen LogP contribution in [0.5, 0.6) is 0 Å². The van der Waals surface area contributed by atoms with Gasteiger partial charge in [0.2, 0.25) is 5.91 Å². The molecule has 0 aliphatic heterocycles. The van der Waals surface area contributed by atoms with Crippen molar-refractivity contribution in [2.45, 2.75) is 51.6 Å². The van der Waals surface area contributed by atoms with Crippen LogP contribution in [-0.2, 0) is 17.8 Å². The molecule has 1 saturated carbocycles. The maximum absolute atomic E-state index is 11.9. The summed E-state index contributed by atoms with van der Waals surface area (Å²) in [5, 5.41) is 24.8. The summed E-state index contributed by atoms with van der Waals surface area (Å²) >= 11 is 0. The first-order chi connectivity index (χ1) is 10.6. The van der Waals surface area contributed by atoms with Gasteiger partial charge in [0.15, 0.2) is 5.82 Å². The summed E-state index contributed by atoms with van der Waals surface area (Å²) in [4.78, 5) is 23.7. The lowest BCUT2D eigenvalue weighted by Crippen LogP contribution is -2.48. The number of rotatable bonds is 5. The van der Waals surface area contributed by atoms with Gasteiger partial charge in [0.1, 0.15) is 6.54 Å². The van der Waals surface area contributed by atoms with Gasteiger partial charge in [0.05, 0.1) is 6.61 Å². The number of aliphatic hydroxyl groups is 1. The predicted molar refractivity (Wildman–Crippen MR) is 76.7 cm³/mol. The van der Waals surface area contributed by atoms with E-state index in [1.54, 1.807) is 0 Å². The molecule has 2 atom stereocenters. The third kappa shape index (κ3) is 4.48. The molecule has 1 aromatic rings. The maximum Gasteiger partial charge on any atom is 0.321 e. The molecule has 1 aromatic heterocycles. The molecule has 0 aromatic carbocycles. The molecule has 1 aliphatic rings. The topological polar surface area (TPSA) is 122 Å². The Balaban J connectivity index is 1.81. The van der Waals surface area contributed by atoms with Crippen molar-refractivity contribution < 1.29 is 14.7 Å². The van der Waals surface area contributed by atoms with Crippen molar-refractivity contribution >= 4 is 11.9 Å². The highest BCUT2D eigenvalue weighted by Crippen LogP contribution is 2.23. The molecule has 1 heterocycles. The quantitative estimate of drug-likeness (QED) is 0.681. The van der Waals surface area contributed by atoms with Gasteiger partial charge in [-0.2, -0.15) is 0 Å². The van der Waals surface area contributed by atoms with E-state index in [-0.39, 0.29) is 25.6 Å². The molecule has 9 heteroatoms. The van der Waals surface area contributed by atoms with E-state index < -0.39 is 11.9 Å². The Hall–Kier alpha value is -2.03. The number of nitrogens with zero attached hydrogens (tertiary/aromatic N) is 4. The number of hydrogen-bond donors (Lipinski definition) is 3. The minimum Gasteiger partial charge on any atom is -0.396 e. The van der Waals surface area contributed by atoms with Crippen molar-refractivity contribution in [3.8, 4) is 0 Å². The fourth-order valence-corrected chi connectivity index (χ4v) is 2.66. The molecule has 1 aliphatic carbocycles. The van der Waals surface area contributed by atoms with Crippen LogP contribution < -0.4 is 10.6 Å². The van der Waals surface area contributed by atoms with Gasteiger partial charge in [-0.25, -0.2) is 9.48 Å². The molecular formula is C13H22N6O3. The van der Waals surface area contributed by atoms with Crippen molar-refractivity contribution in [2.75, 3.05) is 6.61 Å². The van der Waals surface area contributed by atoms with Gasteiger partial charge < -0.3 is 10.4 Å². The van der Waals surface area contributed by atoms with Crippen LogP contribution in [0.25, 0.3) is 0 Å². The van der Waals surface area contributed by atoms with E-state index in [0.717, 1.165) is 19.3 Å². The zero-order valence-electron chi connectivity index (χ0n) is 12.7. The summed E-state index contributed by atoms with van der Waals surface area (Å²) in [6.07, 6.45) is 4.57. The summed E-state index contributed by atoms with van der Waals surface area (Å²) < 4.78 is 1.27. The number of imide groups is 1. The first-order valence-electron chi connectivity index (χ1n) is 7.56. The van der Waals surface area contributed by atoms with Crippen LogP contribution >= 0.6 is 0 Å². The third-order valence-corrected chi connectivity index (χ3v) is 3.92. The van der Waals surface area contributed by atoms with Gasteiger partial charge in [-0.1, -0.05) is 19.8 Å². The molecule has 0 spiro atoms. The molecule has 9 nitrogen and oxygen atoms in total. The molecule has 3 amide bonds. The zero-order chi connectivity index (χ0) is 15.9. The normalized spacial score (nSPS) is 21.4. The molecule has 1 fully saturated rings. The van der Waals surface area contributed by atoms with E-state index in [9.17, 15) is 9.59 Å². The van der Waals surface area contributed by atoms with Gasteiger partial charge in [0, 0.05) is 12.5 Å². The summed E-state index contributed by atoms with van der Waals surface area (Å²) in [6, 6.07) is -0.375. The van der Waals surface area contributed by atoms with E-state index in [2.05, 4.69) is 33.1 Å². The fraction of sp³-hybridized carbons (Fsp3) is 0.769. The number of urea groups is 1. The number of nitrogens with one attached hydrogen (secondary N) is 2. The second-order valence-electron chi connectivity index (χ2n) is 5.62. The first-order valence-corrected chi connectivity index (χ1v) is 7.56. The van der Waals surface area contributed by atoms with Crippen molar-refractivity contribution in [1.29, 1.82) is 0 Å². The molecule has 22 heavy (non-hydrogen) atoms. The van der Waals surface area contributed by atoms with E-state index in [1.165, 1.54) is 11.1 Å². The van der Waals surface area contributed by atoms with Crippen molar-refractivity contribution in [1.82, 2.24) is 30.8 Å². The van der Waals surface area contributed by atoms with Crippen molar-refractivity contribution in [3.05, 3.63) is 5.82 Å². The summed E-state index contributed by atoms with van der Waals surface area (Å²) in [5.41, 5.74) is 0. The van der Waals surface area contributed by atoms with Crippen LogP contribution in [0.1, 0.15) is 38.4 Å². The highest BCUT2D eigenvalue weighted by Gasteiger charge is 2.23. The van der Waals surface area contributed by atoms with E-state index in [4.69, 9.17) is 5.11 Å². The highest BCUT2D eigenvalue weighted by molar-refractivity contribution is 5.94. The molecule has 0 bridgehead atoms. The van der Waals surface area contributed by atoms with Gasteiger partial charge in [-0.15, -0.1) is 5.10 Å².